The Morgan fingerprint density at radius 3 is 2.61 bits per heavy atom. The molecule has 2 N–H and O–H groups in total. The van der Waals surface area contributed by atoms with Crippen LogP contribution in [-0.4, -0.2) is 14.3 Å². The molecule has 1 aliphatic carbocycles. The van der Waals surface area contributed by atoms with Crippen LogP contribution in [0.5, 0.6) is 0 Å². The number of carbonyl (C=O) groups is 1. The zero-order valence-electron chi connectivity index (χ0n) is 12.8. The molecule has 1 aromatic heterocycles. The summed E-state index contributed by atoms with van der Waals surface area (Å²) in [5.74, 6) is -0.418. The molecule has 2 aromatic rings. The lowest BCUT2D eigenvalue weighted by Crippen LogP contribution is -2.41. The van der Waals surface area contributed by atoms with Gasteiger partial charge in [0.1, 0.15) is 0 Å². The molecule has 0 unspecified atom stereocenters. The van der Waals surface area contributed by atoms with Crippen LogP contribution in [0.25, 0.3) is 0 Å². The molecule has 0 atom stereocenters. The summed E-state index contributed by atoms with van der Waals surface area (Å²) in [6.45, 7) is 2.00. The quantitative estimate of drug-likeness (QED) is 0.813. The number of rotatable bonds is 5. The first-order valence-corrected chi connectivity index (χ1v) is 9.82. The van der Waals surface area contributed by atoms with Gasteiger partial charge in [-0.25, -0.2) is 8.42 Å². The molecule has 0 aliphatic heterocycles. The summed E-state index contributed by atoms with van der Waals surface area (Å²) in [4.78, 5) is 16.2. The number of hydrazine groups is 1. The van der Waals surface area contributed by atoms with Crippen LogP contribution in [-0.2, 0) is 29.3 Å². The summed E-state index contributed by atoms with van der Waals surface area (Å²) < 4.78 is 24.4. The van der Waals surface area contributed by atoms with Crippen LogP contribution in [0.1, 0.15) is 39.0 Å². The molecule has 122 valence electrons. The van der Waals surface area contributed by atoms with E-state index in [-0.39, 0.29) is 4.90 Å². The molecule has 5 nitrogen and oxygen atoms in total. The van der Waals surface area contributed by atoms with Gasteiger partial charge in [-0.2, -0.15) is 0 Å². The maximum atomic E-state index is 12.2. The van der Waals surface area contributed by atoms with E-state index in [9.17, 15) is 13.2 Å². The Morgan fingerprint density at radius 1 is 1.22 bits per heavy atom. The predicted molar refractivity (Wildman–Crippen MR) is 90.0 cm³/mol. The van der Waals surface area contributed by atoms with E-state index in [1.54, 1.807) is 12.1 Å². The molecule has 0 spiro atoms. The van der Waals surface area contributed by atoms with Crippen molar-refractivity contribution in [3.63, 3.8) is 0 Å². The Hall–Kier alpha value is -1.70. The Bertz CT molecular complexity index is 802. The lowest BCUT2D eigenvalue weighted by Gasteiger charge is -2.08. The van der Waals surface area contributed by atoms with Gasteiger partial charge in [0.05, 0.1) is 9.77 Å². The predicted octanol–water partition coefficient (Wildman–Crippen LogP) is 2.42. The molecular weight excluding hydrogens is 332 g/mol. The second-order valence-electron chi connectivity index (χ2n) is 5.47. The van der Waals surface area contributed by atoms with Crippen molar-refractivity contribution in [2.45, 2.75) is 37.5 Å². The Balaban J connectivity index is 1.66. The summed E-state index contributed by atoms with van der Waals surface area (Å²) in [7, 11) is -3.76. The number of hydrogen-bond acceptors (Lipinski definition) is 4. The number of nitrogens with one attached hydrogen (secondary N) is 2. The highest BCUT2D eigenvalue weighted by Gasteiger charge is 2.20. The highest BCUT2D eigenvalue weighted by molar-refractivity contribution is 7.89. The summed E-state index contributed by atoms with van der Waals surface area (Å²) >= 11 is 1.43. The fourth-order valence-corrected chi connectivity index (χ4v) is 4.57. The van der Waals surface area contributed by atoms with Crippen molar-refractivity contribution in [2.24, 2.45) is 0 Å². The minimum atomic E-state index is -3.76. The van der Waals surface area contributed by atoms with E-state index in [0.29, 0.717) is 4.88 Å². The first-order chi connectivity index (χ1) is 11.0. The molecule has 23 heavy (non-hydrogen) atoms. The average Bonchev–Trinajstić information content (AvgIpc) is 3.14. The third-order valence-corrected chi connectivity index (χ3v) is 6.41. The number of carbonyl (C=O) groups excluding carboxylic acids is 1. The zero-order chi connectivity index (χ0) is 16.4. The first-order valence-electron chi connectivity index (χ1n) is 7.52. The Kier molecular flexibility index (Phi) is 4.52. The second kappa shape index (κ2) is 6.43. The fraction of sp³-hybridized carbons (Fsp3) is 0.312. The van der Waals surface area contributed by atoms with Gasteiger partial charge >= 0.3 is 0 Å². The number of thiophene rings is 1. The molecule has 0 fully saturated rings. The molecule has 0 bridgehead atoms. The van der Waals surface area contributed by atoms with Crippen molar-refractivity contribution in [1.29, 1.82) is 0 Å². The first kappa shape index (κ1) is 16.2. The van der Waals surface area contributed by atoms with Gasteiger partial charge in [0.25, 0.3) is 15.9 Å². The van der Waals surface area contributed by atoms with E-state index in [1.807, 2.05) is 13.0 Å². The van der Waals surface area contributed by atoms with Crippen LogP contribution in [0.15, 0.2) is 35.2 Å². The van der Waals surface area contributed by atoms with Crippen LogP contribution >= 0.6 is 11.3 Å². The monoisotopic (exact) mass is 350 g/mol. The molecule has 0 radical (unpaired) electrons. The van der Waals surface area contributed by atoms with Gasteiger partial charge in [-0.15, -0.1) is 16.2 Å². The van der Waals surface area contributed by atoms with E-state index < -0.39 is 15.9 Å². The van der Waals surface area contributed by atoms with Gasteiger partial charge in [-0.05, 0) is 55.0 Å². The lowest BCUT2D eigenvalue weighted by atomic mass is 10.2. The summed E-state index contributed by atoms with van der Waals surface area (Å²) in [6, 6.07) is 8.45. The largest absolute Gasteiger partial charge is 0.276 e. The van der Waals surface area contributed by atoms with E-state index in [4.69, 9.17) is 0 Å². The number of hydrogen-bond donors (Lipinski definition) is 2. The average molecular weight is 350 g/mol. The van der Waals surface area contributed by atoms with Crippen LogP contribution in [0, 0.1) is 0 Å². The minimum Gasteiger partial charge on any atom is -0.273 e. The molecule has 0 saturated carbocycles. The van der Waals surface area contributed by atoms with Crippen LogP contribution < -0.4 is 10.3 Å². The SMILES string of the molecule is CCc1ccc(S(=O)(=O)NNC(=O)c2cc3c(s2)CCC3)cc1. The summed E-state index contributed by atoms with van der Waals surface area (Å²) in [6.07, 6.45) is 3.97. The van der Waals surface area contributed by atoms with Crippen molar-refractivity contribution in [2.75, 3.05) is 0 Å². The Labute approximate surface area is 139 Å². The number of fused-ring (bicyclic) bond motifs is 1. The van der Waals surface area contributed by atoms with Gasteiger partial charge in [0.2, 0.25) is 0 Å². The van der Waals surface area contributed by atoms with Gasteiger partial charge in [-0.3, -0.25) is 10.2 Å². The smallest absolute Gasteiger partial charge is 0.273 e. The maximum absolute atomic E-state index is 12.2. The van der Waals surface area contributed by atoms with E-state index in [1.165, 1.54) is 33.9 Å². The van der Waals surface area contributed by atoms with Gasteiger partial charge < -0.3 is 0 Å². The number of sulfonamides is 1. The van der Waals surface area contributed by atoms with E-state index in [2.05, 4.69) is 10.3 Å². The highest BCUT2D eigenvalue weighted by atomic mass is 32.2. The highest BCUT2D eigenvalue weighted by Crippen LogP contribution is 2.30. The Morgan fingerprint density at radius 2 is 1.96 bits per heavy atom. The topological polar surface area (TPSA) is 75.3 Å². The number of amides is 1. The molecule has 7 heteroatoms. The number of benzene rings is 1. The van der Waals surface area contributed by atoms with Crippen LogP contribution in [0.4, 0.5) is 0 Å². The fourth-order valence-electron chi connectivity index (χ4n) is 2.58. The molecule has 0 saturated heterocycles. The number of aryl methyl sites for hydroxylation is 3. The van der Waals surface area contributed by atoms with Gasteiger partial charge in [0, 0.05) is 4.88 Å². The normalized spacial score (nSPS) is 13.8. The third-order valence-electron chi connectivity index (χ3n) is 3.91. The molecule has 1 heterocycles. The molecule has 1 amide bonds. The minimum absolute atomic E-state index is 0.128. The van der Waals surface area contributed by atoms with Crippen LogP contribution in [0.2, 0.25) is 0 Å². The van der Waals surface area contributed by atoms with Crippen molar-refractivity contribution in [1.82, 2.24) is 10.3 Å². The molecular formula is C16H18N2O3S2. The van der Waals surface area contributed by atoms with E-state index >= 15 is 0 Å². The molecule has 3 rings (SSSR count). The van der Waals surface area contributed by atoms with Gasteiger partial charge in [0.15, 0.2) is 0 Å². The zero-order valence-corrected chi connectivity index (χ0v) is 14.4. The third kappa shape index (κ3) is 3.46. The van der Waals surface area contributed by atoms with Gasteiger partial charge in [-0.1, -0.05) is 19.1 Å². The van der Waals surface area contributed by atoms with Crippen molar-refractivity contribution in [3.05, 3.63) is 51.2 Å². The summed E-state index contributed by atoms with van der Waals surface area (Å²) in [5, 5.41) is 0. The van der Waals surface area contributed by atoms with Crippen molar-refractivity contribution in [3.8, 4) is 0 Å². The van der Waals surface area contributed by atoms with Crippen molar-refractivity contribution < 1.29 is 13.2 Å². The molecule has 1 aromatic carbocycles. The molecule has 1 aliphatic rings. The summed E-state index contributed by atoms with van der Waals surface area (Å²) in [5.41, 5.74) is 4.55. The lowest BCUT2D eigenvalue weighted by molar-refractivity contribution is 0.0949. The van der Waals surface area contributed by atoms with Crippen LogP contribution in [0.3, 0.4) is 0 Å². The van der Waals surface area contributed by atoms with Crippen molar-refractivity contribution >= 4 is 27.3 Å². The maximum Gasteiger partial charge on any atom is 0.276 e. The second-order valence-corrected chi connectivity index (χ2v) is 8.29. The van der Waals surface area contributed by atoms with E-state index in [0.717, 1.165) is 31.2 Å². The standard InChI is InChI=1S/C16H18N2O3S2/c1-2-11-6-8-13(9-7-11)23(20,21)18-17-16(19)15-10-12-4-3-5-14(12)22-15/h6-10,18H,2-5H2,1H3,(H,17,19).